The fourth-order valence-electron chi connectivity index (χ4n) is 2.96. The monoisotopic (exact) mass is 504 g/mol. The number of halogens is 2. The van der Waals surface area contributed by atoms with Crippen molar-refractivity contribution in [2.45, 2.75) is 17.9 Å². The minimum atomic E-state index is -3.87. The average molecular weight is 505 g/mol. The van der Waals surface area contributed by atoms with Gasteiger partial charge in [0.15, 0.2) is 0 Å². The second-order valence-corrected chi connectivity index (χ2v) is 9.78. The van der Waals surface area contributed by atoms with Crippen LogP contribution in [0.3, 0.4) is 0 Å². The van der Waals surface area contributed by atoms with Gasteiger partial charge in [0.2, 0.25) is 15.9 Å². The summed E-state index contributed by atoms with van der Waals surface area (Å²) in [6.07, 6.45) is 0.474. The van der Waals surface area contributed by atoms with Gasteiger partial charge in [0, 0.05) is 17.6 Å². The standard InChI is InChI=1S/C23H22BrFN2O3S/c24-20-8-12-22(13-9-20)31(29,30)27(15-14-18-4-2-1-3-5-18)17-23(28)26-16-19-6-10-21(25)11-7-19/h1-13H,14-17H2,(H,26,28). The first kappa shape index (κ1) is 23.1. The molecule has 0 aliphatic carbocycles. The molecule has 0 heterocycles. The van der Waals surface area contributed by atoms with E-state index in [4.69, 9.17) is 0 Å². The molecule has 0 spiro atoms. The summed E-state index contributed by atoms with van der Waals surface area (Å²) in [5, 5.41) is 2.70. The van der Waals surface area contributed by atoms with Gasteiger partial charge in [0.25, 0.3) is 0 Å². The molecule has 0 radical (unpaired) electrons. The highest BCUT2D eigenvalue weighted by atomic mass is 79.9. The van der Waals surface area contributed by atoms with Crippen LogP contribution in [0.2, 0.25) is 0 Å². The molecule has 0 unspecified atom stereocenters. The zero-order valence-corrected chi connectivity index (χ0v) is 19.1. The number of nitrogens with one attached hydrogen (secondary N) is 1. The minimum Gasteiger partial charge on any atom is -0.351 e. The maximum atomic E-state index is 13.2. The Bertz CT molecular complexity index is 1110. The van der Waals surface area contributed by atoms with E-state index in [9.17, 15) is 17.6 Å². The molecule has 162 valence electrons. The highest BCUT2D eigenvalue weighted by Gasteiger charge is 2.26. The Morgan fingerprint density at radius 1 is 0.903 bits per heavy atom. The van der Waals surface area contributed by atoms with Gasteiger partial charge in [0.05, 0.1) is 11.4 Å². The van der Waals surface area contributed by atoms with E-state index in [1.165, 1.54) is 28.6 Å². The SMILES string of the molecule is O=C(CN(CCc1ccccc1)S(=O)(=O)c1ccc(Br)cc1)NCc1ccc(F)cc1. The summed E-state index contributed by atoms with van der Waals surface area (Å²) in [6.45, 7) is 0.0305. The molecule has 0 aliphatic heterocycles. The van der Waals surface area contributed by atoms with Crippen molar-refractivity contribution in [1.82, 2.24) is 9.62 Å². The zero-order valence-electron chi connectivity index (χ0n) is 16.7. The quantitative estimate of drug-likeness (QED) is 0.476. The van der Waals surface area contributed by atoms with Crippen LogP contribution in [0.4, 0.5) is 4.39 Å². The van der Waals surface area contributed by atoms with E-state index in [0.29, 0.717) is 6.42 Å². The van der Waals surface area contributed by atoms with Gasteiger partial charge in [-0.25, -0.2) is 12.8 Å². The maximum absolute atomic E-state index is 13.2. The average Bonchev–Trinajstić information content (AvgIpc) is 2.77. The summed E-state index contributed by atoms with van der Waals surface area (Å²) >= 11 is 3.30. The number of nitrogens with zero attached hydrogens (tertiary/aromatic N) is 1. The van der Waals surface area contributed by atoms with E-state index < -0.39 is 15.9 Å². The molecule has 0 fully saturated rings. The van der Waals surface area contributed by atoms with Crippen LogP contribution >= 0.6 is 15.9 Å². The lowest BCUT2D eigenvalue weighted by atomic mass is 10.1. The van der Waals surface area contributed by atoms with Crippen molar-refractivity contribution in [3.05, 3.63) is 100 Å². The zero-order chi connectivity index (χ0) is 22.3. The third kappa shape index (κ3) is 6.72. The van der Waals surface area contributed by atoms with Crippen LogP contribution < -0.4 is 5.32 Å². The van der Waals surface area contributed by atoms with Crippen molar-refractivity contribution in [2.75, 3.05) is 13.1 Å². The molecule has 0 saturated carbocycles. The Balaban J connectivity index is 1.73. The van der Waals surface area contributed by atoms with Crippen LogP contribution in [0.1, 0.15) is 11.1 Å². The Morgan fingerprint density at radius 2 is 1.55 bits per heavy atom. The van der Waals surface area contributed by atoms with Crippen molar-refractivity contribution in [3.63, 3.8) is 0 Å². The van der Waals surface area contributed by atoms with Crippen molar-refractivity contribution >= 4 is 31.9 Å². The lowest BCUT2D eigenvalue weighted by Crippen LogP contribution is -2.41. The summed E-state index contributed by atoms with van der Waals surface area (Å²) in [6, 6.07) is 21.6. The number of benzene rings is 3. The maximum Gasteiger partial charge on any atom is 0.243 e. The molecule has 8 heteroatoms. The van der Waals surface area contributed by atoms with E-state index in [1.54, 1.807) is 24.3 Å². The third-order valence-corrected chi connectivity index (χ3v) is 7.06. The summed E-state index contributed by atoms with van der Waals surface area (Å²) in [7, 11) is -3.87. The lowest BCUT2D eigenvalue weighted by molar-refractivity contribution is -0.121. The fourth-order valence-corrected chi connectivity index (χ4v) is 4.62. The molecule has 1 amide bonds. The number of hydrogen-bond acceptors (Lipinski definition) is 3. The number of hydrogen-bond donors (Lipinski definition) is 1. The van der Waals surface area contributed by atoms with E-state index >= 15 is 0 Å². The second-order valence-electron chi connectivity index (χ2n) is 6.93. The summed E-state index contributed by atoms with van der Waals surface area (Å²) in [5.41, 5.74) is 1.70. The van der Waals surface area contributed by atoms with Crippen molar-refractivity contribution in [1.29, 1.82) is 0 Å². The van der Waals surface area contributed by atoms with E-state index in [0.717, 1.165) is 15.6 Å². The van der Waals surface area contributed by atoms with Crippen LogP contribution in [0.5, 0.6) is 0 Å². The predicted molar refractivity (Wildman–Crippen MR) is 121 cm³/mol. The van der Waals surface area contributed by atoms with Gasteiger partial charge < -0.3 is 5.32 Å². The molecular weight excluding hydrogens is 483 g/mol. The first-order valence-corrected chi connectivity index (χ1v) is 11.9. The molecular formula is C23H22BrFN2O3S. The third-order valence-electron chi connectivity index (χ3n) is 4.67. The van der Waals surface area contributed by atoms with Crippen LogP contribution in [0.15, 0.2) is 88.2 Å². The van der Waals surface area contributed by atoms with Gasteiger partial charge in [-0.2, -0.15) is 4.31 Å². The lowest BCUT2D eigenvalue weighted by Gasteiger charge is -2.22. The van der Waals surface area contributed by atoms with Crippen molar-refractivity contribution in [3.8, 4) is 0 Å². The number of sulfonamides is 1. The van der Waals surface area contributed by atoms with E-state index in [-0.39, 0.29) is 30.3 Å². The molecule has 5 nitrogen and oxygen atoms in total. The summed E-state index contributed by atoms with van der Waals surface area (Å²) in [5.74, 6) is -0.791. The van der Waals surface area contributed by atoms with Crippen LogP contribution in [-0.2, 0) is 27.8 Å². The molecule has 0 atom stereocenters. The van der Waals surface area contributed by atoms with E-state index in [1.807, 2.05) is 30.3 Å². The molecule has 0 aromatic heterocycles. The van der Waals surface area contributed by atoms with Crippen LogP contribution in [-0.4, -0.2) is 31.7 Å². The highest BCUT2D eigenvalue weighted by Crippen LogP contribution is 2.19. The molecule has 31 heavy (non-hydrogen) atoms. The Hall–Kier alpha value is -2.55. The Labute approximate surface area is 190 Å². The number of carbonyl (C=O) groups is 1. The van der Waals surface area contributed by atoms with Gasteiger partial charge in [-0.3, -0.25) is 4.79 Å². The summed E-state index contributed by atoms with van der Waals surface area (Å²) in [4.78, 5) is 12.7. The Morgan fingerprint density at radius 3 is 2.19 bits per heavy atom. The largest absolute Gasteiger partial charge is 0.351 e. The van der Waals surface area contributed by atoms with Crippen LogP contribution in [0.25, 0.3) is 0 Å². The van der Waals surface area contributed by atoms with Gasteiger partial charge in [0.1, 0.15) is 5.82 Å². The van der Waals surface area contributed by atoms with E-state index in [2.05, 4.69) is 21.2 Å². The molecule has 0 aliphatic rings. The van der Waals surface area contributed by atoms with Gasteiger partial charge in [-0.05, 0) is 53.9 Å². The molecule has 3 aromatic carbocycles. The smallest absolute Gasteiger partial charge is 0.243 e. The van der Waals surface area contributed by atoms with Crippen molar-refractivity contribution in [2.24, 2.45) is 0 Å². The fraction of sp³-hybridized carbons (Fsp3) is 0.174. The molecule has 0 bridgehead atoms. The van der Waals surface area contributed by atoms with Crippen molar-refractivity contribution < 1.29 is 17.6 Å². The predicted octanol–water partition coefficient (Wildman–Crippen LogP) is 4.14. The molecule has 1 N–H and O–H groups in total. The first-order valence-electron chi connectivity index (χ1n) is 9.65. The van der Waals surface area contributed by atoms with Crippen LogP contribution in [0, 0.1) is 5.82 Å². The normalized spacial score (nSPS) is 11.5. The Kier molecular flexibility index (Phi) is 7.95. The highest BCUT2D eigenvalue weighted by molar-refractivity contribution is 9.10. The molecule has 0 saturated heterocycles. The number of amides is 1. The first-order chi connectivity index (χ1) is 14.8. The topological polar surface area (TPSA) is 66.5 Å². The number of carbonyl (C=O) groups excluding carboxylic acids is 1. The van der Waals surface area contributed by atoms with Gasteiger partial charge in [-0.1, -0.05) is 58.4 Å². The second kappa shape index (κ2) is 10.7. The summed E-state index contributed by atoms with van der Waals surface area (Å²) < 4.78 is 41.4. The number of rotatable bonds is 9. The van der Waals surface area contributed by atoms with Gasteiger partial charge in [-0.15, -0.1) is 0 Å². The minimum absolute atomic E-state index is 0.120. The molecule has 3 rings (SSSR count). The van der Waals surface area contributed by atoms with Gasteiger partial charge >= 0.3 is 0 Å². The molecule has 3 aromatic rings.